The summed E-state index contributed by atoms with van der Waals surface area (Å²) in [7, 11) is 0. The SMILES string of the molecule is Cc1ccc(CN2C(=O)/C(=C/c3ccc(OC(=O)c4ccco4)cc3)SC2=S)cc1. The van der Waals surface area contributed by atoms with Gasteiger partial charge in [-0.15, -0.1) is 0 Å². The number of carbonyl (C=O) groups is 2. The highest BCUT2D eigenvalue weighted by molar-refractivity contribution is 8.26. The molecule has 1 fully saturated rings. The molecular weight excluding hydrogens is 418 g/mol. The van der Waals surface area contributed by atoms with Crippen molar-refractivity contribution in [3.05, 3.63) is 94.3 Å². The van der Waals surface area contributed by atoms with E-state index in [-0.39, 0.29) is 11.7 Å². The second-order valence-electron chi connectivity index (χ2n) is 6.69. The van der Waals surface area contributed by atoms with Gasteiger partial charge in [-0.05, 0) is 48.4 Å². The molecule has 3 aromatic rings. The Balaban J connectivity index is 1.44. The maximum absolute atomic E-state index is 12.8. The third-order valence-corrected chi connectivity index (χ3v) is 5.82. The van der Waals surface area contributed by atoms with Crippen LogP contribution in [0.4, 0.5) is 0 Å². The zero-order valence-electron chi connectivity index (χ0n) is 16.0. The lowest BCUT2D eigenvalue weighted by Gasteiger charge is -2.14. The van der Waals surface area contributed by atoms with E-state index in [9.17, 15) is 9.59 Å². The lowest BCUT2D eigenvalue weighted by atomic mass is 10.1. The Kier molecular flexibility index (Phi) is 5.83. The summed E-state index contributed by atoms with van der Waals surface area (Å²) in [4.78, 5) is 26.9. The molecule has 1 aliphatic rings. The van der Waals surface area contributed by atoms with E-state index >= 15 is 0 Å². The van der Waals surface area contributed by atoms with E-state index in [0.717, 1.165) is 11.1 Å². The largest absolute Gasteiger partial charge is 0.457 e. The monoisotopic (exact) mass is 435 g/mol. The van der Waals surface area contributed by atoms with Crippen molar-refractivity contribution in [3.63, 3.8) is 0 Å². The van der Waals surface area contributed by atoms with Crippen LogP contribution in [0, 0.1) is 6.92 Å². The maximum Gasteiger partial charge on any atom is 0.379 e. The van der Waals surface area contributed by atoms with Gasteiger partial charge in [0.25, 0.3) is 5.91 Å². The molecule has 0 unspecified atom stereocenters. The molecule has 0 radical (unpaired) electrons. The second kappa shape index (κ2) is 8.69. The van der Waals surface area contributed by atoms with Gasteiger partial charge < -0.3 is 9.15 Å². The van der Waals surface area contributed by atoms with Crippen LogP contribution in [-0.2, 0) is 11.3 Å². The van der Waals surface area contributed by atoms with Crippen LogP contribution in [0.15, 0.2) is 76.2 Å². The second-order valence-corrected chi connectivity index (χ2v) is 8.37. The average Bonchev–Trinajstić information content (AvgIpc) is 3.36. The summed E-state index contributed by atoms with van der Waals surface area (Å²) in [6.07, 6.45) is 3.20. The number of aryl methyl sites for hydroxylation is 1. The number of furan rings is 1. The highest BCUT2D eigenvalue weighted by Crippen LogP contribution is 2.33. The molecule has 1 amide bonds. The van der Waals surface area contributed by atoms with Crippen molar-refractivity contribution in [2.24, 2.45) is 0 Å². The minimum absolute atomic E-state index is 0.112. The molecule has 0 aliphatic carbocycles. The lowest BCUT2D eigenvalue weighted by molar-refractivity contribution is -0.122. The number of rotatable bonds is 5. The van der Waals surface area contributed by atoms with E-state index in [1.54, 1.807) is 41.3 Å². The van der Waals surface area contributed by atoms with Crippen LogP contribution in [0.5, 0.6) is 5.75 Å². The van der Waals surface area contributed by atoms with Gasteiger partial charge in [-0.25, -0.2) is 4.79 Å². The fraction of sp³-hybridized carbons (Fsp3) is 0.0870. The number of hydrogen-bond donors (Lipinski definition) is 0. The van der Waals surface area contributed by atoms with Crippen LogP contribution in [0.3, 0.4) is 0 Å². The van der Waals surface area contributed by atoms with Crippen molar-refractivity contribution in [1.82, 2.24) is 4.90 Å². The number of thioether (sulfide) groups is 1. The number of esters is 1. The van der Waals surface area contributed by atoms with E-state index in [1.165, 1.54) is 29.7 Å². The number of benzene rings is 2. The molecule has 0 N–H and O–H groups in total. The van der Waals surface area contributed by atoms with Gasteiger partial charge in [0.05, 0.1) is 17.7 Å². The standard InChI is InChI=1S/C23H17NO4S2/c1-15-4-6-17(7-5-15)14-24-21(25)20(30-23(24)29)13-16-8-10-18(11-9-16)28-22(26)19-3-2-12-27-19/h2-13H,14H2,1H3/b20-13-. The van der Waals surface area contributed by atoms with Crippen molar-refractivity contribution in [1.29, 1.82) is 0 Å². The molecule has 1 aliphatic heterocycles. The van der Waals surface area contributed by atoms with Crippen molar-refractivity contribution in [2.75, 3.05) is 0 Å². The fourth-order valence-corrected chi connectivity index (χ4v) is 4.10. The van der Waals surface area contributed by atoms with Crippen LogP contribution < -0.4 is 4.74 Å². The minimum Gasteiger partial charge on any atom is -0.457 e. The lowest BCUT2D eigenvalue weighted by Crippen LogP contribution is -2.27. The molecule has 150 valence electrons. The van der Waals surface area contributed by atoms with Crippen LogP contribution >= 0.6 is 24.0 Å². The van der Waals surface area contributed by atoms with Gasteiger partial charge in [0.15, 0.2) is 0 Å². The summed E-state index contributed by atoms with van der Waals surface area (Å²) in [5, 5.41) is 0. The van der Waals surface area contributed by atoms with Crippen molar-refractivity contribution in [3.8, 4) is 5.75 Å². The Morgan fingerprint density at radius 2 is 1.87 bits per heavy atom. The topological polar surface area (TPSA) is 59.8 Å². The fourth-order valence-electron chi connectivity index (χ4n) is 2.85. The number of hydrogen-bond acceptors (Lipinski definition) is 6. The molecule has 0 atom stereocenters. The van der Waals surface area contributed by atoms with Gasteiger partial charge in [-0.1, -0.05) is 65.9 Å². The molecule has 0 saturated carbocycles. The van der Waals surface area contributed by atoms with Crippen LogP contribution in [0.2, 0.25) is 0 Å². The highest BCUT2D eigenvalue weighted by Gasteiger charge is 2.31. The van der Waals surface area contributed by atoms with Crippen molar-refractivity contribution in [2.45, 2.75) is 13.5 Å². The normalized spacial score (nSPS) is 15.1. The Hall–Kier alpha value is -3.16. The molecule has 2 heterocycles. The van der Waals surface area contributed by atoms with Gasteiger partial charge in [-0.2, -0.15) is 0 Å². The first-order chi connectivity index (χ1) is 14.5. The number of nitrogens with zero attached hydrogens (tertiary/aromatic N) is 1. The Labute approximate surface area is 183 Å². The van der Waals surface area contributed by atoms with E-state index < -0.39 is 5.97 Å². The Bertz CT molecular complexity index is 1120. The first kappa shape index (κ1) is 20.1. The molecule has 1 saturated heterocycles. The predicted molar refractivity (Wildman–Crippen MR) is 120 cm³/mol. The van der Waals surface area contributed by atoms with Crippen LogP contribution in [-0.4, -0.2) is 21.1 Å². The zero-order valence-corrected chi connectivity index (χ0v) is 17.7. The molecule has 0 spiro atoms. The van der Waals surface area contributed by atoms with Gasteiger partial charge in [0.1, 0.15) is 10.1 Å². The molecule has 30 heavy (non-hydrogen) atoms. The average molecular weight is 436 g/mol. The van der Waals surface area contributed by atoms with E-state index in [0.29, 0.717) is 21.5 Å². The molecule has 0 bridgehead atoms. The van der Waals surface area contributed by atoms with Crippen LogP contribution in [0.1, 0.15) is 27.2 Å². The summed E-state index contributed by atoms with van der Waals surface area (Å²) in [6.45, 7) is 2.47. The van der Waals surface area contributed by atoms with Gasteiger partial charge in [0.2, 0.25) is 5.76 Å². The van der Waals surface area contributed by atoms with E-state index in [4.69, 9.17) is 21.4 Å². The summed E-state index contributed by atoms with van der Waals surface area (Å²) >= 11 is 6.69. The van der Waals surface area contributed by atoms with Crippen LogP contribution in [0.25, 0.3) is 6.08 Å². The van der Waals surface area contributed by atoms with E-state index in [2.05, 4.69) is 0 Å². The summed E-state index contributed by atoms with van der Waals surface area (Å²) < 4.78 is 10.8. The highest BCUT2D eigenvalue weighted by atomic mass is 32.2. The minimum atomic E-state index is -0.565. The Morgan fingerprint density at radius 3 is 2.53 bits per heavy atom. The zero-order chi connectivity index (χ0) is 21.1. The molecule has 5 nitrogen and oxygen atoms in total. The first-order valence-electron chi connectivity index (χ1n) is 9.16. The molecule has 4 rings (SSSR count). The Morgan fingerprint density at radius 1 is 1.13 bits per heavy atom. The van der Waals surface area contributed by atoms with Gasteiger partial charge in [0, 0.05) is 0 Å². The predicted octanol–water partition coefficient (Wildman–Crippen LogP) is 5.21. The summed E-state index contributed by atoms with van der Waals surface area (Å²) in [5.41, 5.74) is 3.01. The number of ether oxygens (including phenoxy) is 1. The molecule has 2 aromatic carbocycles. The van der Waals surface area contributed by atoms with Gasteiger partial charge >= 0.3 is 5.97 Å². The summed E-state index contributed by atoms with van der Waals surface area (Å²) in [6, 6.07) is 18.1. The first-order valence-corrected chi connectivity index (χ1v) is 10.4. The number of thiocarbonyl (C=S) groups is 1. The third-order valence-electron chi connectivity index (χ3n) is 4.45. The molecule has 1 aromatic heterocycles. The smallest absolute Gasteiger partial charge is 0.379 e. The third kappa shape index (κ3) is 4.53. The molecule has 7 heteroatoms. The number of amides is 1. The van der Waals surface area contributed by atoms with Crippen molar-refractivity contribution < 1.29 is 18.7 Å². The summed E-state index contributed by atoms with van der Waals surface area (Å²) in [5.74, 6) is -0.152. The van der Waals surface area contributed by atoms with Gasteiger partial charge in [-0.3, -0.25) is 9.69 Å². The maximum atomic E-state index is 12.8. The number of carbonyl (C=O) groups excluding carboxylic acids is 2. The quantitative estimate of drug-likeness (QED) is 0.237. The van der Waals surface area contributed by atoms with Crippen molar-refractivity contribution >= 4 is 46.3 Å². The molecular formula is C23H17NO4S2. The van der Waals surface area contributed by atoms with E-state index in [1.807, 2.05) is 31.2 Å².